The van der Waals surface area contributed by atoms with Gasteiger partial charge < -0.3 is 20.4 Å². The Bertz CT molecular complexity index is 689. The van der Waals surface area contributed by atoms with Gasteiger partial charge in [0.2, 0.25) is 0 Å². The summed E-state index contributed by atoms with van der Waals surface area (Å²) in [6.45, 7) is 6.62. The van der Waals surface area contributed by atoms with E-state index in [0.717, 1.165) is 25.7 Å². The van der Waals surface area contributed by atoms with Gasteiger partial charge in [-0.2, -0.15) is 0 Å². The summed E-state index contributed by atoms with van der Waals surface area (Å²) in [6.07, 6.45) is 6.64. The second kappa shape index (κ2) is 7.35. The molecule has 5 nitrogen and oxygen atoms in total. The van der Waals surface area contributed by atoms with Gasteiger partial charge in [-0.3, -0.25) is 4.79 Å². The van der Waals surface area contributed by atoms with Gasteiger partial charge >= 0.3 is 5.97 Å². The summed E-state index contributed by atoms with van der Waals surface area (Å²) in [5.41, 5.74) is 0.874. The van der Waals surface area contributed by atoms with Crippen LogP contribution < -0.4 is 0 Å². The van der Waals surface area contributed by atoms with Crippen molar-refractivity contribution in [3.63, 3.8) is 0 Å². The van der Waals surface area contributed by atoms with Crippen LogP contribution in [-0.4, -0.2) is 44.7 Å². The van der Waals surface area contributed by atoms with E-state index in [-0.39, 0.29) is 47.0 Å². The van der Waals surface area contributed by atoms with Crippen molar-refractivity contribution in [2.24, 2.45) is 40.4 Å². The van der Waals surface area contributed by atoms with Crippen LogP contribution in [0.3, 0.4) is 0 Å². The highest BCUT2D eigenvalue weighted by Crippen LogP contribution is 2.67. The third-order valence-corrected chi connectivity index (χ3v) is 9.78. The highest BCUT2D eigenvalue weighted by Gasteiger charge is 2.64. The summed E-state index contributed by atoms with van der Waals surface area (Å²) in [7, 11) is 0. The smallest absolute Gasteiger partial charge is 0.303 e. The van der Waals surface area contributed by atoms with Crippen molar-refractivity contribution >= 4 is 5.97 Å². The van der Waals surface area contributed by atoms with Crippen LogP contribution in [0, 0.1) is 40.4 Å². The van der Waals surface area contributed by atoms with Crippen LogP contribution in [0.5, 0.6) is 0 Å². The molecule has 0 aromatic rings. The Balaban J connectivity index is 1.64. The second-order valence-corrected chi connectivity index (χ2v) is 11.0. The molecule has 3 saturated carbocycles. The fourth-order valence-corrected chi connectivity index (χ4v) is 8.12. The van der Waals surface area contributed by atoms with E-state index >= 15 is 0 Å². The molecule has 0 bridgehead atoms. The minimum atomic E-state index is -0.756. The van der Waals surface area contributed by atoms with E-state index in [1.165, 1.54) is 5.57 Å². The standard InChI is InChI=1S/C24H38O5/c1-13(4-7-21(28)29)16-5-6-17-22-18(12-20(27)24(16,17)3)23(2)9-8-15(25)10-14(23)11-19(22)26/h11,13,15-20,22,25-27H,4-10,12H2,1-3H3,(H,28,29)/t13-,15-,16+,17-,18-,19+,20-,22-,23-,24+/m0/s1. The minimum Gasteiger partial charge on any atom is -0.481 e. The summed E-state index contributed by atoms with van der Waals surface area (Å²) in [4.78, 5) is 11.1. The van der Waals surface area contributed by atoms with Crippen molar-refractivity contribution in [3.05, 3.63) is 11.6 Å². The van der Waals surface area contributed by atoms with Gasteiger partial charge in [-0.1, -0.05) is 32.4 Å². The number of aliphatic hydroxyl groups is 3. The van der Waals surface area contributed by atoms with Crippen LogP contribution in [-0.2, 0) is 4.79 Å². The normalized spacial score (nSPS) is 50.1. The molecule has 10 atom stereocenters. The van der Waals surface area contributed by atoms with Crippen LogP contribution >= 0.6 is 0 Å². The first kappa shape index (κ1) is 21.3. The topological polar surface area (TPSA) is 98.0 Å². The molecular formula is C24H38O5. The summed E-state index contributed by atoms with van der Waals surface area (Å²) in [6, 6.07) is 0. The molecule has 0 spiro atoms. The molecule has 29 heavy (non-hydrogen) atoms. The molecular weight excluding hydrogens is 368 g/mol. The van der Waals surface area contributed by atoms with Gasteiger partial charge in [-0.15, -0.1) is 0 Å². The molecule has 0 aromatic carbocycles. The molecule has 0 heterocycles. The molecule has 0 aromatic heterocycles. The molecule has 164 valence electrons. The van der Waals surface area contributed by atoms with Crippen molar-refractivity contribution in [1.82, 2.24) is 0 Å². The maximum Gasteiger partial charge on any atom is 0.303 e. The van der Waals surface area contributed by atoms with Crippen molar-refractivity contribution < 1.29 is 25.2 Å². The zero-order valence-electron chi connectivity index (χ0n) is 18.1. The number of carboxylic acid groups (broad SMARTS) is 1. The van der Waals surface area contributed by atoms with Gasteiger partial charge in [0.1, 0.15) is 0 Å². The number of hydrogen-bond acceptors (Lipinski definition) is 4. The summed E-state index contributed by atoms with van der Waals surface area (Å²) < 4.78 is 0. The average Bonchev–Trinajstić information content (AvgIpc) is 3.01. The largest absolute Gasteiger partial charge is 0.481 e. The quantitative estimate of drug-likeness (QED) is 0.537. The lowest BCUT2D eigenvalue weighted by atomic mass is 9.45. The molecule has 0 amide bonds. The number of aliphatic carboxylic acids is 1. The molecule has 4 rings (SSSR count). The lowest BCUT2D eigenvalue weighted by Crippen LogP contribution is -2.59. The zero-order valence-corrected chi connectivity index (χ0v) is 18.1. The average molecular weight is 407 g/mol. The summed E-state index contributed by atoms with van der Waals surface area (Å²) >= 11 is 0. The van der Waals surface area contributed by atoms with Crippen LogP contribution in [0.2, 0.25) is 0 Å². The lowest BCUT2D eigenvalue weighted by molar-refractivity contribution is -0.158. The summed E-state index contributed by atoms with van der Waals surface area (Å²) in [5.74, 6) is 0.426. The van der Waals surface area contributed by atoms with Gasteiger partial charge in [-0.05, 0) is 85.4 Å². The van der Waals surface area contributed by atoms with Gasteiger partial charge in [0.05, 0.1) is 18.3 Å². The van der Waals surface area contributed by atoms with Crippen LogP contribution in [0.25, 0.3) is 0 Å². The maximum atomic E-state index is 11.5. The lowest BCUT2D eigenvalue weighted by Gasteiger charge is -2.61. The molecule has 3 fully saturated rings. The predicted molar refractivity (Wildman–Crippen MR) is 110 cm³/mol. The van der Waals surface area contributed by atoms with Gasteiger partial charge in [-0.25, -0.2) is 0 Å². The van der Waals surface area contributed by atoms with E-state index in [1.54, 1.807) is 0 Å². The van der Waals surface area contributed by atoms with Gasteiger partial charge in [0.15, 0.2) is 0 Å². The van der Waals surface area contributed by atoms with E-state index in [1.807, 2.05) is 6.08 Å². The van der Waals surface area contributed by atoms with Gasteiger partial charge in [0.25, 0.3) is 0 Å². The Morgan fingerprint density at radius 3 is 2.59 bits per heavy atom. The first-order chi connectivity index (χ1) is 13.6. The third kappa shape index (κ3) is 3.19. The predicted octanol–water partition coefficient (Wildman–Crippen LogP) is 3.37. The zero-order chi connectivity index (χ0) is 21.1. The van der Waals surface area contributed by atoms with Crippen LogP contribution in [0.15, 0.2) is 11.6 Å². The number of fused-ring (bicyclic) bond motifs is 5. The van der Waals surface area contributed by atoms with Crippen LogP contribution in [0.1, 0.15) is 72.1 Å². The molecule has 5 heteroatoms. The maximum absolute atomic E-state index is 11.5. The molecule has 0 radical (unpaired) electrons. The first-order valence-corrected chi connectivity index (χ1v) is 11.6. The van der Waals surface area contributed by atoms with E-state index in [9.17, 15) is 20.1 Å². The van der Waals surface area contributed by atoms with Crippen molar-refractivity contribution in [1.29, 1.82) is 0 Å². The molecule has 4 aliphatic rings. The van der Waals surface area contributed by atoms with E-state index < -0.39 is 18.2 Å². The van der Waals surface area contributed by atoms with Crippen LogP contribution in [0.4, 0.5) is 0 Å². The van der Waals surface area contributed by atoms with E-state index in [0.29, 0.717) is 25.2 Å². The Hall–Kier alpha value is -0.910. The Labute approximate surface area is 174 Å². The Morgan fingerprint density at radius 2 is 1.90 bits per heavy atom. The number of carbonyl (C=O) groups is 1. The second-order valence-electron chi connectivity index (χ2n) is 11.0. The monoisotopic (exact) mass is 406 g/mol. The molecule has 0 unspecified atom stereocenters. The minimum absolute atomic E-state index is 0.0432. The Morgan fingerprint density at radius 1 is 1.17 bits per heavy atom. The fourth-order valence-electron chi connectivity index (χ4n) is 8.12. The molecule has 4 N–H and O–H groups in total. The number of hydrogen-bond donors (Lipinski definition) is 4. The molecule has 0 aliphatic heterocycles. The number of rotatable bonds is 4. The van der Waals surface area contributed by atoms with E-state index in [4.69, 9.17) is 5.11 Å². The van der Waals surface area contributed by atoms with Gasteiger partial charge in [0, 0.05) is 6.42 Å². The molecule has 4 aliphatic carbocycles. The number of carboxylic acids is 1. The Kier molecular flexibility index (Phi) is 5.40. The third-order valence-electron chi connectivity index (χ3n) is 9.78. The highest BCUT2D eigenvalue weighted by molar-refractivity contribution is 5.66. The van der Waals surface area contributed by atoms with Crippen molar-refractivity contribution in [2.75, 3.05) is 0 Å². The SMILES string of the molecule is C[C@@H](CCC(=O)O)[C@H]1CC[C@H]2[C@@H]3[C@H](O)C=C4C[C@@H](O)CC[C@]4(C)[C@H]3C[C@H](O)[C@]12C. The highest BCUT2D eigenvalue weighted by atomic mass is 16.4. The first-order valence-electron chi connectivity index (χ1n) is 11.6. The fraction of sp³-hybridized carbons (Fsp3) is 0.875. The van der Waals surface area contributed by atoms with E-state index in [2.05, 4.69) is 20.8 Å². The van der Waals surface area contributed by atoms with Crippen molar-refractivity contribution in [2.45, 2.75) is 90.4 Å². The molecule has 0 saturated heterocycles. The van der Waals surface area contributed by atoms with Crippen molar-refractivity contribution in [3.8, 4) is 0 Å². The summed E-state index contributed by atoms with van der Waals surface area (Å²) in [5, 5.41) is 41.9. The number of aliphatic hydroxyl groups excluding tert-OH is 3.